The van der Waals surface area contributed by atoms with Gasteiger partial charge in [-0.1, -0.05) is 12.1 Å². The van der Waals surface area contributed by atoms with Gasteiger partial charge in [0.05, 0.1) is 36.7 Å². The van der Waals surface area contributed by atoms with Crippen LogP contribution >= 0.6 is 0 Å². The van der Waals surface area contributed by atoms with E-state index in [2.05, 4.69) is 9.71 Å². The minimum Gasteiger partial charge on any atom is -0.495 e. The Morgan fingerprint density at radius 2 is 1.79 bits per heavy atom. The van der Waals surface area contributed by atoms with Gasteiger partial charge in [-0.05, 0) is 48.9 Å². The molecular formula is C20H19FN2O4S. The average Bonchev–Trinajstić information content (AvgIpc) is 2.69. The Bertz CT molecular complexity index is 1100. The molecule has 8 heteroatoms. The van der Waals surface area contributed by atoms with Crippen LogP contribution < -0.4 is 14.2 Å². The molecule has 0 saturated heterocycles. The third kappa shape index (κ3) is 4.07. The van der Waals surface area contributed by atoms with Gasteiger partial charge in [-0.25, -0.2) is 12.8 Å². The van der Waals surface area contributed by atoms with Crippen LogP contribution in [0.3, 0.4) is 0 Å². The number of benzene rings is 2. The second kappa shape index (κ2) is 7.85. The zero-order valence-corrected chi connectivity index (χ0v) is 16.4. The fourth-order valence-electron chi connectivity index (χ4n) is 2.58. The largest absolute Gasteiger partial charge is 0.495 e. The fraction of sp³-hybridized carbons (Fsp3) is 0.150. The molecule has 0 fully saturated rings. The molecule has 0 saturated carbocycles. The summed E-state index contributed by atoms with van der Waals surface area (Å²) in [6, 6.07) is 12.3. The Morgan fingerprint density at radius 3 is 2.39 bits per heavy atom. The molecule has 0 aliphatic rings. The standard InChI is InChI=1S/C20H19FN2O4S/c1-13-4-5-14(18-8-6-15(26-2)12-22-18)10-19(13)23-28(24,25)16-7-9-20(27-3)17(21)11-16/h4-12,23H,1-3H3. The minimum atomic E-state index is -3.98. The molecule has 3 aromatic rings. The van der Waals surface area contributed by atoms with Crippen molar-refractivity contribution < 1.29 is 22.3 Å². The first-order valence-corrected chi connectivity index (χ1v) is 9.80. The Balaban J connectivity index is 1.93. The number of hydrogen-bond acceptors (Lipinski definition) is 5. The van der Waals surface area contributed by atoms with E-state index in [1.807, 2.05) is 6.07 Å². The van der Waals surface area contributed by atoms with Gasteiger partial charge in [0.25, 0.3) is 10.0 Å². The zero-order chi connectivity index (χ0) is 20.3. The summed E-state index contributed by atoms with van der Waals surface area (Å²) in [5.74, 6) is -0.153. The molecule has 0 aliphatic heterocycles. The van der Waals surface area contributed by atoms with Gasteiger partial charge in [0.15, 0.2) is 11.6 Å². The van der Waals surface area contributed by atoms with E-state index in [0.29, 0.717) is 17.1 Å². The molecule has 0 bridgehead atoms. The molecule has 146 valence electrons. The number of sulfonamides is 1. The maximum atomic E-state index is 13.9. The number of aryl methyl sites for hydroxylation is 1. The highest BCUT2D eigenvalue weighted by Gasteiger charge is 2.18. The lowest BCUT2D eigenvalue weighted by atomic mass is 10.1. The van der Waals surface area contributed by atoms with Crippen LogP contribution in [0.15, 0.2) is 59.6 Å². The van der Waals surface area contributed by atoms with Crippen LogP contribution in [-0.2, 0) is 10.0 Å². The normalized spacial score (nSPS) is 11.1. The van der Waals surface area contributed by atoms with Crippen molar-refractivity contribution in [3.05, 3.63) is 66.1 Å². The molecule has 6 nitrogen and oxygen atoms in total. The number of anilines is 1. The van der Waals surface area contributed by atoms with Crippen LogP contribution in [0.2, 0.25) is 0 Å². The molecule has 1 aromatic heterocycles. The summed E-state index contributed by atoms with van der Waals surface area (Å²) in [7, 11) is -1.11. The predicted molar refractivity (Wildman–Crippen MR) is 105 cm³/mol. The molecule has 0 radical (unpaired) electrons. The number of methoxy groups -OCH3 is 2. The molecule has 0 unspecified atom stereocenters. The third-order valence-electron chi connectivity index (χ3n) is 4.18. The average molecular weight is 402 g/mol. The van der Waals surface area contributed by atoms with Crippen LogP contribution in [0.4, 0.5) is 10.1 Å². The SMILES string of the molecule is COc1ccc(-c2ccc(C)c(NS(=O)(=O)c3ccc(OC)c(F)c3)c2)nc1. The van der Waals surface area contributed by atoms with Crippen molar-refractivity contribution in [2.45, 2.75) is 11.8 Å². The topological polar surface area (TPSA) is 77.5 Å². The van der Waals surface area contributed by atoms with Crippen molar-refractivity contribution in [3.63, 3.8) is 0 Å². The van der Waals surface area contributed by atoms with Gasteiger partial charge in [-0.3, -0.25) is 9.71 Å². The lowest BCUT2D eigenvalue weighted by molar-refractivity contribution is 0.385. The van der Waals surface area contributed by atoms with Crippen molar-refractivity contribution in [3.8, 4) is 22.8 Å². The van der Waals surface area contributed by atoms with E-state index in [1.54, 1.807) is 44.5 Å². The molecule has 3 rings (SSSR count). The first-order chi connectivity index (χ1) is 13.3. The molecular weight excluding hydrogens is 383 g/mol. The van der Waals surface area contributed by atoms with Gasteiger partial charge in [-0.15, -0.1) is 0 Å². The van der Waals surface area contributed by atoms with Gasteiger partial charge in [0.2, 0.25) is 0 Å². The van der Waals surface area contributed by atoms with E-state index in [0.717, 1.165) is 17.2 Å². The van der Waals surface area contributed by atoms with Crippen LogP contribution in [0.5, 0.6) is 11.5 Å². The summed E-state index contributed by atoms with van der Waals surface area (Å²) >= 11 is 0. The molecule has 0 atom stereocenters. The first kappa shape index (κ1) is 19.6. The minimum absolute atomic E-state index is 0.0253. The number of halogens is 1. The van der Waals surface area contributed by atoms with E-state index in [-0.39, 0.29) is 10.6 Å². The smallest absolute Gasteiger partial charge is 0.262 e. The van der Waals surface area contributed by atoms with Gasteiger partial charge in [-0.2, -0.15) is 0 Å². The van der Waals surface area contributed by atoms with Crippen molar-refractivity contribution in [2.75, 3.05) is 18.9 Å². The van der Waals surface area contributed by atoms with Crippen LogP contribution in [0, 0.1) is 12.7 Å². The van der Waals surface area contributed by atoms with Gasteiger partial charge in [0, 0.05) is 5.56 Å². The van der Waals surface area contributed by atoms with Crippen LogP contribution in [0.25, 0.3) is 11.3 Å². The Hall–Kier alpha value is -3.13. The number of aromatic nitrogens is 1. The van der Waals surface area contributed by atoms with Crippen molar-refractivity contribution in [1.82, 2.24) is 4.98 Å². The maximum absolute atomic E-state index is 13.9. The van der Waals surface area contributed by atoms with Gasteiger partial charge >= 0.3 is 0 Å². The third-order valence-corrected chi connectivity index (χ3v) is 5.55. The van der Waals surface area contributed by atoms with E-state index in [4.69, 9.17) is 9.47 Å². The molecule has 2 aromatic carbocycles. The number of pyridine rings is 1. The highest BCUT2D eigenvalue weighted by molar-refractivity contribution is 7.92. The molecule has 1 N–H and O–H groups in total. The number of nitrogens with one attached hydrogen (secondary N) is 1. The van der Waals surface area contributed by atoms with Crippen molar-refractivity contribution in [2.24, 2.45) is 0 Å². The summed E-state index contributed by atoms with van der Waals surface area (Å²) in [6.07, 6.45) is 1.58. The van der Waals surface area contributed by atoms with Crippen LogP contribution in [0.1, 0.15) is 5.56 Å². The van der Waals surface area contributed by atoms with Crippen molar-refractivity contribution in [1.29, 1.82) is 0 Å². The van der Waals surface area contributed by atoms with E-state index in [9.17, 15) is 12.8 Å². The van der Waals surface area contributed by atoms with Crippen molar-refractivity contribution >= 4 is 15.7 Å². The zero-order valence-electron chi connectivity index (χ0n) is 15.6. The second-order valence-corrected chi connectivity index (χ2v) is 7.70. The quantitative estimate of drug-likeness (QED) is 0.674. The molecule has 0 aliphatic carbocycles. The Kier molecular flexibility index (Phi) is 5.51. The number of ether oxygens (including phenoxy) is 2. The lowest BCUT2D eigenvalue weighted by Crippen LogP contribution is -2.14. The van der Waals surface area contributed by atoms with Crippen LogP contribution in [-0.4, -0.2) is 27.6 Å². The highest BCUT2D eigenvalue weighted by Crippen LogP contribution is 2.28. The molecule has 28 heavy (non-hydrogen) atoms. The Labute approximate surface area is 163 Å². The van der Waals surface area contributed by atoms with E-state index < -0.39 is 15.8 Å². The molecule has 1 heterocycles. The summed E-state index contributed by atoms with van der Waals surface area (Å²) < 4.78 is 51.7. The number of hydrogen-bond donors (Lipinski definition) is 1. The number of nitrogens with zero attached hydrogens (tertiary/aromatic N) is 1. The highest BCUT2D eigenvalue weighted by atomic mass is 32.2. The summed E-state index contributed by atoms with van der Waals surface area (Å²) in [6.45, 7) is 1.78. The lowest BCUT2D eigenvalue weighted by Gasteiger charge is -2.13. The first-order valence-electron chi connectivity index (χ1n) is 8.31. The monoisotopic (exact) mass is 402 g/mol. The van der Waals surface area contributed by atoms with Gasteiger partial charge in [0.1, 0.15) is 5.75 Å². The maximum Gasteiger partial charge on any atom is 0.262 e. The molecule has 0 amide bonds. The second-order valence-electron chi connectivity index (χ2n) is 6.01. The summed E-state index contributed by atoms with van der Waals surface area (Å²) in [5, 5.41) is 0. The Morgan fingerprint density at radius 1 is 1.00 bits per heavy atom. The summed E-state index contributed by atoms with van der Waals surface area (Å²) in [5.41, 5.74) is 2.49. The van der Waals surface area contributed by atoms with Gasteiger partial charge < -0.3 is 9.47 Å². The number of rotatable bonds is 6. The molecule has 0 spiro atoms. The predicted octanol–water partition coefficient (Wildman–Crippen LogP) is 4.01. The van der Waals surface area contributed by atoms with E-state index in [1.165, 1.54) is 19.2 Å². The van der Waals surface area contributed by atoms with E-state index >= 15 is 0 Å². The summed E-state index contributed by atoms with van der Waals surface area (Å²) in [4.78, 5) is 4.11. The fourth-order valence-corrected chi connectivity index (χ4v) is 3.71.